The largest absolute Gasteiger partial charge is 0.462 e. The zero-order valence-corrected chi connectivity index (χ0v) is 32.6. The second kappa shape index (κ2) is 35.2. The molecule has 284 valence electrons. The number of hydrogen-bond acceptors (Lipinski definition) is 6. The first-order valence-electron chi connectivity index (χ1n) is 20.7. The van der Waals surface area contributed by atoms with Crippen LogP contribution in [0.5, 0.6) is 0 Å². The van der Waals surface area contributed by atoms with Crippen molar-refractivity contribution in [1.82, 2.24) is 0 Å². The summed E-state index contributed by atoms with van der Waals surface area (Å²) in [5, 5.41) is 0. The molecule has 1 atom stereocenters. The van der Waals surface area contributed by atoms with E-state index in [9.17, 15) is 14.4 Å². The lowest BCUT2D eigenvalue weighted by Crippen LogP contribution is -2.30. The third kappa shape index (κ3) is 35.7. The van der Waals surface area contributed by atoms with E-state index in [0.29, 0.717) is 19.3 Å². The van der Waals surface area contributed by atoms with Crippen LogP contribution in [0, 0.1) is 11.8 Å². The first kappa shape index (κ1) is 46.4. The summed E-state index contributed by atoms with van der Waals surface area (Å²) < 4.78 is 16.6. The first-order valence-corrected chi connectivity index (χ1v) is 20.7. The lowest BCUT2D eigenvalue weighted by molar-refractivity contribution is -0.167. The molecule has 0 bridgehead atoms. The van der Waals surface area contributed by atoms with Gasteiger partial charge < -0.3 is 14.2 Å². The minimum Gasteiger partial charge on any atom is -0.462 e. The molecule has 0 aromatic rings. The molecule has 0 fully saturated rings. The summed E-state index contributed by atoms with van der Waals surface area (Å²) in [5.41, 5.74) is 0. The van der Waals surface area contributed by atoms with E-state index >= 15 is 0 Å². The lowest BCUT2D eigenvalue weighted by Gasteiger charge is -2.18. The number of ether oxygens (including phenoxy) is 3. The van der Waals surface area contributed by atoms with Crippen LogP contribution in [0.1, 0.15) is 221 Å². The normalized spacial score (nSPS) is 12.1. The second-order valence-electron chi connectivity index (χ2n) is 15.2. The maximum atomic E-state index is 12.6. The molecular formula is C42H80O6. The Bertz CT molecular complexity index is 734. The molecule has 0 aliphatic carbocycles. The van der Waals surface area contributed by atoms with Crippen LogP contribution in [0.15, 0.2) is 0 Å². The Hall–Kier alpha value is -1.59. The van der Waals surface area contributed by atoms with Crippen LogP contribution in [-0.2, 0) is 28.6 Å². The van der Waals surface area contributed by atoms with Crippen molar-refractivity contribution in [3.05, 3.63) is 0 Å². The highest BCUT2D eigenvalue weighted by Crippen LogP contribution is 2.16. The Morgan fingerprint density at radius 3 is 1.02 bits per heavy atom. The number of esters is 3. The van der Waals surface area contributed by atoms with E-state index in [1.165, 1.54) is 109 Å². The highest BCUT2D eigenvalue weighted by Gasteiger charge is 2.19. The van der Waals surface area contributed by atoms with Gasteiger partial charge in [0.2, 0.25) is 0 Å². The maximum Gasteiger partial charge on any atom is 0.306 e. The Labute approximate surface area is 298 Å². The fourth-order valence-corrected chi connectivity index (χ4v) is 6.05. The Morgan fingerprint density at radius 2 is 0.688 bits per heavy atom. The van der Waals surface area contributed by atoms with Gasteiger partial charge in [0.1, 0.15) is 13.2 Å². The fraction of sp³-hybridized carbons (Fsp3) is 0.929. The molecule has 0 heterocycles. The summed E-state index contributed by atoms with van der Waals surface area (Å²) in [6.45, 7) is 11.2. The van der Waals surface area contributed by atoms with E-state index in [-0.39, 0.29) is 31.1 Å². The van der Waals surface area contributed by atoms with Gasteiger partial charge >= 0.3 is 17.9 Å². The first-order chi connectivity index (χ1) is 23.2. The van der Waals surface area contributed by atoms with Crippen molar-refractivity contribution in [3.8, 4) is 0 Å². The fourth-order valence-electron chi connectivity index (χ4n) is 6.05. The third-order valence-electron chi connectivity index (χ3n) is 9.22. The maximum absolute atomic E-state index is 12.6. The van der Waals surface area contributed by atoms with Gasteiger partial charge in [-0.05, 0) is 31.1 Å². The topological polar surface area (TPSA) is 78.9 Å². The molecular weight excluding hydrogens is 600 g/mol. The van der Waals surface area contributed by atoms with Crippen LogP contribution in [0.3, 0.4) is 0 Å². The van der Waals surface area contributed by atoms with Gasteiger partial charge in [-0.2, -0.15) is 0 Å². The molecule has 48 heavy (non-hydrogen) atoms. The Kier molecular flexibility index (Phi) is 34.1. The van der Waals surface area contributed by atoms with E-state index in [1.807, 2.05) is 0 Å². The van der Waals surface area contributed by atoms with Crippen molar-refractivity contribution >= 4 is 17.9 Å². The van der Waals surface area contributed by atoms with Crippen molar-refractivity contribution in [1.29, 1.82) is 0 Å². The lowest BCUT2D eigenvalue weighted by atomic mass is 10.0. The smallest absolute Gasteiger partial charge is 0.306 e. The summed E-state index contributed by atoms with van der Waals surface area (Å²) in [6.07, 6.45) is 31.1. The van der Waals surface area contributed by atoms with E-state index < -0.39 is 6.10 Å². The minimum atomic E-state index is -0.758. The van der Waals surface area contributed by atoms with Crippen molar-refractivity contribution in [2.75, 3.05) is 13.2 Å². The number of carbonyl (C=O) groups is 3. The zero-order valence-electron chi connectivity index (χ0n) is 32.6. The van der Waals surface area contributed by atoms with Gasteiger partial charge in [0.15, 0.2) is 6.10 Å². The molecule has 6 nitrogen and oxygen atoms in total. The molecule has 0 amide bonds. The quantitative estimate of drug-likeness (QED) is 0.0372. The minimum absolute atomic E-state index is 0.0667. The second-order valence-corrected chi connectivity index (χ2v) is 15.2. The van der Waals surface area contributed by atoms with Crippen molar-refractivity contribution in [2.24, 2.45) is 11.8 Å². The molecule has 0 saturated heterocycles. The molecule has 0 aliphatic heterocycles. The highest BCUT2D eigenvalue weighted by molar-refractivity contribution is 5.71. The summed E-state index contributed by atoms with van der Waals surface area (Å²) in [6, 6.07) is 0. The molecule has 0 saturated carbocycles. The van der Waals surface area contributed by atoms with Gasteiger partial charge in [-0.15, -0.1) is 0 Å². The average Bonchev–Trinajstić information content (AvgIpc) is 3.04. The Morgan fingerprint density at radius 1 is 0.396 bits per heavy atom. The molecule has 0 aliphatic rings. The van der Waals surface area contributed by atoms with Crippen molar-refractivity contribution in [3.63, 3.8) is 0 Å². The van der Waals surface area contributed by atoms with Gasteiger partial charge in [0.25, 0.3) is 0 Å². The van der Waals surface area contributed by atoms with Crippen LogP contribution in [0.4, 0.5) is 0 Å². The van der Waals surface area contributed by atoms with Gasteiger partial charge in [-0.1, -0.05) is 182 Å². The third-order valence-corrected chi connectivity index (χ3v) is 9.22. The summed E-state index contributed by atoms with van der Waals surface area (Å²) in [5.74, 6) is 0.716. The molecule has 0 aromatic heterocycles. The van der Waals surface area contributed by atoms with Crippen molar-refractivity contribution in [2.45, 2.75) is 227 Å². The summed E-state index contributed by atoms with van der Waals surface area (Å²) in [7, 11) is 0. The molecule has 0 N–H and O–H groups in total. The molecule has 0 rings (SSSR count). The molecule has 0 unspecified atom stereocenters. The highest BCUT2D eigenvalue weighted by atomic mass is 16.6. The van der Waals surface area contributed by atoms with Gasteiger partial charge in [0.05, 0.1) is 0 Å². The van der Waals surface area contributed by atoms with E-state index in [4.69, 9.17) is 14.2 Å². The van der Waals surface area contributed by atoms with Crippen LogP contribution >= 0.6 is 0 Å². The average molecular weight is 681 g/mol. The van der Waals surface area contributed by atoms with Gasteiger partial charge in [0, 0.05) is 19.3 Å². The zero-order chi connectivity index (χ0) is 35.5. The van der Waals surface area contributed by atoms with Crippen molar-refractivity contribution < 1.29 is 28.6 Å². The monoisotopic (exact) mass is 681 g/mol. The number of carbonyl (C=O) groups excluding carboxylic acids is 3. The number of unbranched alkanes of at least 4 members (excludes halogenated alkanes) is 21. The van der Waals surface area contributed by atoms with Crippen LogP contribution in [0.25, 0.3) is 0 Å². The molecule has 0 aromatic carbocycles. The molecule has 0 spiro atoms. The Balaban J connectivity index is 4.26. The summed E-state index contributed by atoms with van der Waals surface area (Å²) in [4.78, 5) is 37.4. The SMILES string of the molecule is CCCCCCCCCC(=O)O[C@@H](COC(=O)CCCCCCCCCCCCCC(C)C)COC(=O)CCCCCCCCC(C)C. The standard InChI is InChI=1S/C42H80O6/c1-6-7-8-9-15-24-29-34-42(45)48-39(36-47-41(44)33-28-23-19-18-21-26-31-38(4)5)35-46-40(43)32-27-22-17-14-12-10-11-13-16-20-25-30-37(2)3/h37-39H,6-36H2,1-5H3/t39-/m0/s1. The van der Waals surface area contributed by atoms with E-state index in [0.717, 1.165) is 69.6 Å². The number of hydrogen-bond donors (Lipinski definition) is 0. The molecule has 6 heteroatoms. The summed E-state index contributed by atoms with van der Waals surface area (Å²) >= 11 is 0. The predicted octanol–water partition coefficient (Wildman–Crippen LogP) is 12.6. The molecule has 0 radical (unpaired) electrons. The van der Waals surface area contributed by atoms with Crippen LogP contribution < -0.4 is 0 Å². The van der Waals surface area contributed by atoms with Crippen LogP contribution in [-0.4, -0.2) is 37.2 Å². The number of rotatable bonds is 36. The van der Waals surface area contributed by atoms with Gasteiger partial charge in [-0.25, -0.2) is 0 Å². The van der Waals surface area contributed by atoms with Gasteiger partial charge in [-0.3, -0.25) is 14.4 Å². The van der Waals surface area contributed by atoms with E-state index in [2.05, 4.69) is 34.6 Å². The van der Waals surface area contributed by atoms with E-state index in [1.54, 1.807) is 0 Å². The van der Waals surface area contributed by atoms with Crippen LogP contribution in [0.2, 0.25) is 0 Å². The predicted molar refractivity (Wildman–Crippen MR) is 201 cm³/mol.